The van der Waals surface area contributed by atoms with E-state index in [1.165, 1.54) is 24.0 Å². The number of benzene rings is 1. The van der Waals surface area contributed by atoms with Crippen molar-refractivity contribution in [3.8, 4) is 5.88 Å². The van der Waals surface area contributed by atoms with Gasteiger partial charge in [0.25, 0.3) is 0 Å². The Morgan fingerprint density at radius 2 is 2.00 bits per heavy atom. The van der Waals surface area contributed by atoms with Crippen LogP contribution in [-0.2, 0) is 6.42 Å². The lowest BCUT2D eigenvalue weighted by molar-refractivity contribution is 0.213. The van der Waals surface area contributed by atoms with Gasteiger partial charge in [-0.25, -0.2) is 9.97 Å². The number of fused-ring (bicyclic) bond motifs is 1. The third kappa shape index (κ3) is 3.99. The summed E-state index contributed by atoms with van der Waals surface area (Å²) >= 11 is 0. The highest BCUT2D eigenvalue weighted by atomic mass is 16.5. The van der Waals surface area contributed by atoms with Crippen molar-refractivity contribution < 1.29 is 4.74 Å². The minimum absolute atomic E-state index is 0.526. The molecule has 134 valence electrons. The van der Waals surface area contributed by atoms with Gasteiger partial charge in [-0.1, -0.05) is 29.8 Å². The second kappa shape index (κ2) is 7.79. The molecule has 2 aromatic heterocycles. The molecule has 0 aliphatic carbocycles. The lowest BCUT2D eigenvalue weighted by atomic mass is 10.0. The van der Waals surface area contributed by atoms with Crippen LogP contribution in [0.2, 0.25) is 0 Å². The fourth-order valence-corrected chi connectivity index (χ4v) is 3.36. The van der Waals surface area contributed by atoms with E-state index in [4.69, 9.17) is 9.72 Å². The van der Waals surface area contributed by atoms with Crippen molar-refractivity contribution in [1.82, 2.24) is 20.3 Å². The van der Waals surface area contributed by atoms with E-state index in [-0.39, 0.29) is 0 Å². The summed E-state index contributed by atoms with van der Waals surface area (Å²) in [6.07, 6.45) is 6.56. The average molecular weight is 348 g/mol. The lowest BCUT2D eigenvalue weighted by Gasteiger charge is -2.22. The smallest absolute Gasteiger partial charge is 0.242 e. The summed E-state index contributed by atoms with van der Waals surface area (Å²) in [6, 6.07) is 10.6. The average Bonchev–Trinajstić information content (AvgIpc) is 2.69. The standard InChI is InChI=1S/C21H24N4O/c1-15-4-6-16(7-5-15)11-18-12-19-20(24-10-9-23-19)21(25-18)26-14-17-3-2-8-22-13-17/h4-7,9-10,12,17,22H,2-3,8,11,13-14H2,1H3/t17-/m0/s1. The van der Waals surface area contributed by atoms with Gasteiger partial charge in [-0.15, -0.1) is 0 Å². The summed E-state index contributed by atoms with van der Waals surface area (Å²) in [5.74, 6) is 1.13. The topological polar surface area (TPSA) is 59.9 Å². The molecule has 0 saturated carbocycles. The molecule has 1 aliphatic heterocycles. The number of nitrogens with zero attached hydrogens (tertiary/aromatic N) is 3. The molecule has 3 heterocycles. The maximum absolute atomic E-state index is 6.10. The summed E-state index contributed by atoms with van der Waals surface area (Å²) < 4.78 is 6.10. The largest absolute Gasteiger partial charge is 0.476 e. The highest BCUT2D eigenvalue weighted by Crippen LogP contribution is 2.23. The molecule has 5 heteroatoms. The second-order valence-corrected chi connectivity index (χ2v) is 7.03. The molecule has 0 radical (unpaired) electrons. The quantitative estimate of drug-likeness (QED) is 0.766. The van der Waals surface area contributed by atoms with E-state index in [9.17, 15) is 0 Å². The van der Waals surface area contributed by atoms with Gasteiger partial charge in [-0.05, 0) is 37.9 Å². The van der Waals surface area contributed by atoms with Crippen molar-refractivity contribution in [2.45, 2.75) is 26.2 Å². The van der Waals surface area contributed by atoms with Crippen LogP contribution in [0.15, 0.2) is 42.7 Å². The van der Waals surface area contributed by atoms with E-state index in [1.807, 2.05) is 6.07 Å². The lowest BCUT2D eigenvalue weighted by Crippen LogP contribution is -2.33. The Balaban J connectivity index is 1.58. The molecule has 4 rings (SSSR count). The predicted molar refractivity (Wildman–Crippen MR) is 102 cm³/mol. The Hall–Kier alpha value is -2.53. The van der Waals surface area contributed by atoms with Crippen LogP contribution < -0.4 is 10.1 Å². The van der Waals surface area contributed by atoms with Crippen molar-refractivity contribution in [1.29, 1.82) is 0 Å². The number of pyridine rings is 1. The Labute approximate surface area is 153 Å². The van der Waals surface area contributed by atoms with Gasteiger partial charge in [0, 0.05) is 31.3 Å². The van der Waals surface area contributed by atoms with Gasteiger partial charge < -0.3 is 10.1 Å². The number of aryl methyl sites for hydroxylation is 1. The predicted octanol–water partition coefficient (Wildman–Crippen LogP) is 3.30. The number of rotatable bonds is 5. The van der Waals surface area contributed by atoms with Gasteiger partial charge in [0.1, 0.15) is 0 Å². The van der Waals surface area contributed by atoms with Crippen LogP contribution in [0.25, 0.3) is 11.0 Å². The normalized spacial score (nSPS) is 17.3. The highest BCUT2D eigenvalue weighted by Gasteiger charge is 2.16. The number of hydrogen-bond donors (Lipinski definition) is 1. The van der Waals surface area contributed by atoms with Crippen LogP contribution >= 0.6 is 0 Å². The third-order valence-corrected chi connectivity index (χ3v) is 4.84. The van der Waals surface area contributed by atoms with Crippen LogP contribution in [0.3, 0.4) is 0 Å². The van der Waals surface area contributed by atoms with Gasteiger partial charge in [0.2, 0.25) is 5.88 Å². The van der Waals surface area contributed by atoms with Crippen molar-refractivity contribution in [2.75, 3.05) is 19.7 Å². The monoisotopic (exact) mass is 348 g/mol. The minimum Gasteiger partial charge on any atom is -0.476 e. The maximum Gasteiger partial charge on any atom is 0.242 e. The summed E-state index contributed by atoms with van der Waals surface area (Å²) in [6.45, 7) is 4.88. The first-order valence-electron chi connectivity index (χ1n) is 9.27. The Bertz CT molecular complexity index is 873. The molecule has 1 aromatic carbocycles. The van der Waals surface area contributed by atoms with Gasteiger partial charge in [-0.2, -0.15) is 0 Å². The van der Waals surface area contributed by atoms with Gasteiger partial charge in [0.05, 0.1) is 17.8 Å². The van der Waals surface area contributed by atoms with Gasteiger partial charge in [-0.3, -0.25) is 4.98 Å². The SMILES string of the molecule is Cc1ccc(Cc2cc3nccnc3c(OC[C@H]3CCCNC3)n2)cc1. The molecule has 0 unspecified atom stereocenters. The summed E-state index contributed by atoms with van der Waals surface area (Å²) in [5, 5.41) is 3.43. The van der Waals surface area contributed by atoms with E-state index >= 15 is 0 Å². The number of aromatic nitrogens is 3. The third-order valence-electron chi connectivity index (χ3n) is 4.84. The second-order valence-electron chi connectivity index (χ2n) is 7.03. The first kappa shape index (κ1) is 16.9. The molecular weight excluding hydrogens is 324 g/mol. The molecular formula is C21H24N4O. The Morgan fingerprint density at radius 3 is 2.81 bits per heavy atom. The molecule has 3 aromatic rings. The number of hydrogen-bond acceptors (Lipinski definition) is 5. The molecule has 1 fully saturated rings. The zero-order valence-corrected chi connectivity index (χ0v) is 15.1. The highest BCUT2D eigenvalue weighted by molar-refractivity contribution is 5.79. The zero-order valence-electron chi connectivity index (χ0n) is 15.1. The molecule has 1 N–H and O–H groups in total. The molecule has 0 bridgehead atoms. The zero-order chi connectivity index (χ0) is 17.8. The van der Waals surface area contributed by atoms with E-state index in [0.717, 1.165) is 36.2 Å². The van der Waals surface area contributed by atoms with Crippen molar-refractivity contribution in [3.63, 3.8) is 0 Å². The molecule has 26 heavy (non-hydrogen) atoms. The van der Waals surface area contributed by atoms with Gasteiger partial charge >= 0.3 is 0 Å². The van der Waals surface area contributed by atoms with Crippen molar-refractivity contribution in [2.24, 2.45) is 5.92 Å². The number of nitrogens with one attached hydrogen (secondary N) is 1. The molecule has 0 spiro atoms. The van der Waals surface area contributed by atoms with Crippen LogP contribution in [-0.4, -0.2) is 34.6 Å². The van der Waals surface area contributed by atoms with E-state index < -0.39 is 0 Å². The molecule has 1 atom stereocenters. The Morgan fingerprint density at radius 1 is 1.15 bits per heavy atom. The fourth-order valence-electron chi connectivity index (χ4n) is 3.36. The van der Waals surface area contributed by atoms with E-state index in [2.05, 4.69) is 46.5 Å². The van der Waals surface area contributed by atoms with Crippen molar-refractivity contribution >= 4 is 11.0 Å². The fraction of sp³-hybridized carbons (Fsp3) is 0.381. The van der Waals surface area contributed by atoms with Crippen molar-refractivity contribution in [3.05, 3.63) is 59.5 Å². The molecule has 0 amide bonds. The summed E-state index contributed by atoms with van der Waals surface area (Å²) in [5.41, 5.74) is 5.02. The van der Waals surface area contributed by atoms with Crippen LogP contribution in [0.4, 0.5) is 0 Å². The number of ether oxygens (including phenoxy) is 1. The minimum atomic E-state index is 0.526. The van der Waals surface area contributed by atoms with E-state index in [1.54, 1.807) is 12.4 Å². The number of piperidine rings is 1. The summed E-state index contributed by atoms with van der Waals surface area (Å²) in [4.78, 5) is 13.7. The van der Waals surface area contributed by atoms with E-state index in [0.29, 0.717) is 18.4 Å². The van der Waals surface area contributed by atoms with Crippen LogP contribution in [0, 0.1) is 12.8 Å². The van der Waals surface area contributed by atoms with Gasteiger partial charge in [0.15, 0.2) is 5.52 Å². The first-order valence-corrected chi connectivity index (χ1v) is 9.27. The van der Waals surface area contributed by atoms with Crippen LogP contribution in [0.5, 0.6) is 5.88 Å². The maximum atomic E-state index is 6.10. The Kier molecular flexibility index (Phi) is 5.07. The first-order chi connectivity index (χ1) is 12.8. The summed E-state index contributed by atoms with van der Waals surface area (Å²) in [7, 11) is 0. The van der Waals surface area contributed by atoms with Crippen LogP contribution in [0.1, 0.15) is 29.7 Å². The molecule has 1 saturated heterocycles. The molecule has 5 nitrogen and oxygen atoms in total. The molecule has 1 aliphatic rings.